The van der Waals surface area contributed by atoms with Gasteiger partial charge in [0.15, 0.2) is 9.84 Å². The quantitative estimate of drug-likeness (QED) is 0.870. The smallest absolute Gasteiger partial charge is 0.335 e. The molecule has 0 atom stereocenters. The summed E-state index contributed by atoms with van der Waals surface area (Å²) in [5, 5.41) is 8.77. The number of ether oxygens (including phenoxy) is 1. The van der Waals surface area contributed by atoms with Gasteiger partial charge in [0.05, 0.1) is 28.9 Å². The summed E-state index contributed by atoms with van der Waals surface area (Å²) in [4.78, 5) is 10.8. The summed E-state index contributed by atoms with van der Waals surface area (Å²) in [6.07, 6.45) is 4.50. The molecule has 1 aromatic carbocycles. The average molecular weight is 298 g/mol. The van der Waals surface area contributed by atoms with Gasteiger partial charge in [0, 0.05) is 0 Å². The van der Waals surface area contributed by atoms with Crippen molar-refractivity contribution in [2.45, 2.75) is 36.7 Å². The Bertz CT molecular complexity index is 556. The molecule has 1 N–H and O–H groups in total. The Morgan fingerprint density at radius 1 is 1.20 bits per heavy atom. The number of hydrogen-bond acceptors (Lipinski definition) is 4. The molecule has 6 heteroatoms. The lowest BCUT2D eigenvalue weighted by Gasteiger charge is -2.11. The number of hydrogen-bond donors (Lipinski definition) is 1. The van der Waals surface area contributed by atoms with Crippen LogP contribution < -0.4 is 0 Å². The highest BCUT2D eigenvalue weighted by atomic mass is 32.2. The van der Waals surface area contributed by atoms with Crippen molar-refractivity contribution in [1.82, 2.24) is 0 Å². The first-order valence-corrected chi connectivity index (χ1v) is 8.32. The Kier molecular flexibility index (Phi) is 4.77. The Morgan fingerprint density at radius 3 is 2.35 bits per heavy atom. The molecule has 0 heterocycles. The largest absolute Gasteiger partial charge is 0.478 e. The highest BCUT2D eigenvalue weighted by Crippen LogP contribution is 2.21. The molecule has 0 amide bonds. The van der Waals surface area contributed by atoms with E-state index in [1.54, 1.807) is 0 Å². The van der Waals surface area contributed by atoms with Crippen molar-refractivity contribution >= 4 is 15.8 Å². The van der Waals surface area contributed by atoms with Gasteiger partial charge in [-0.05, 0) is 37.1 Å². The third-order valence-corrected chi connectivity index (χ3v) is 5.16. The zero-order valence-corrected chi connectivity index (χ0v) is 11.9. The van der Waals surface area contributed by atoms with Gasteiger partial charge < -0.3 is 9.84 Å². The number of carbonyl (C=O) groups is 1. The summed E-state index contributed by atoms with van der Waals surface area (Å²) in [5.41, 5.74) is 0.0751. The molecule has 0 radical (unpaired) electrons. The number of sulfone groups is 1. The van der Waals surface area contributed by atoms with Gasteiger partial charge in [-0.2, -0.15) is 0 Å². The Labute approximate surface area is 118 Å². The maximum atomic E-state index is 12.1. The van der Waals surface area contributed by atoms with Crippen molar-refractivity contribution in [3.05, 3.63) is 29.8 Å². The topological polar surface area (TPSA) is 80.7 Å². The summed E-state index contributed by atoms with van der Waals surface area (Å²) in [6, 6.07) is 5.25. The predicted octanol–water partition coefficient (Wildman–Crippen LogP) is 2.12. The molecule has 1 aliphatic rings. The Balaban J connectivity index is 1.93. The van der Waals surface area contributed by atoms with E-state index >= 15 is 0 Å². The van der Waals surface area contributed by atoms with E-state index in [9.17, 15) is 13.2 Å². The van der Waals surface area contributed by atoms with Crippen LogP contribution in [0.25, 0.3) is 0 Å². The maximum Gasteiger partial charge on any atom is 0.335 e. The number of carboxylic acids is 1. The normalized spacial score (nSPS) is 16.4. The first-order chi connectivity index (χ1) is 9.49. The molecule has 0 saturated heterocycles. The van der Waals surface area contributed by atoms with Gasteiger partial charge in [0.25, 0.3) is 0 Å². The second-order valence-electron chi connectivity index (χ2n) is 4.93. The molecule has 0 spiro atoms. The van der Waals surface area contributed by atoms with E-state index in [4.69, 9.17) is 9.84 Å². The number of carboxylic acid groups (broad SMARTS) is 1. The van der Waals surface area contributed by atoms with Crippen molar-refractivity contribution in [2.75, 3.05) is 12.4 Å². The van der Waals surface area contributed by atoms with Crippen LogP contribution in [0.5, 0.6) is 0 Å². The minimum atomic E-state index is -3.41. The molecule has 1 saturated carbocycles. The van der Waals surface area contributed by atoms with Crippen LogP contribution in [0.1, 0.15) is 36.0 Å². The molecule has 110 valence electrons. The van der Waals surface area contributed by atoms with Crippen molar-refractivity contribution in [3.8, 4) is 0 Å². The molecule has 5 nitrogen and oxygen atoms in total. The van der Waals surface area contributed by atoms with Gasteiger partial charge in [0.2, 0.25) is 0 Å². The second kappa shape index (κ2) is 6.37. The SMILES string of the molecule is O=C(O)c1ccc(S(=O)(=O)CCOC2CCCC2)cc1. The maximum absolute atomic E-state index is 12.1. The molecule has 1 aliphatic carbocycles. The van der Waals surface area contributed by atoms with Crippen molar-refractivity contribution in [2.24, 2.45) is 0 Å². The van der Waals surface area contributed by atoms with Gasteiger partial charge in [0.1, 0.15) is 0 Å². The summed E-state index contributed by atoms with van der Waals surface area (Å²) < 4.78 is 29.7. The van der Waals surface area contributed by atoms with Gasteiger partial charge in [-0.15, -0.1) is 0 Å². The summed E-state index contributed by atoms with van der Waals surface area (Å²) in [6.45, 7) is 0.188. The summed E-state index contributed by atoms with van der Waals surface area (Å²) in [7, 11) is -3.41. The number of aromatic carboxylic acids is 1. The summed E-state index contributed by atoms with van der Waals surface area (Å²) >= 11 is 0. The second-order valence-corrected chi connectivity index (χ2v) is 7.03. The van der Waals surface area contributed by atoms with E-state index in [2.05, 4.69) is 0 Å². The third-order valence-electron chi connectivity index (χ3n) is 3.47. The van der Waals surface area contributed by atoms with E-state index < -0.39 is 15.8 Å². The number of benzene rings is 1. The zero-order valence-electron chi connectivity index (χ0n) is 11.1. The van der Waals surface area contributed by atoms with Crippen LogP contribution in [0.3, 0.4) is 0 Å². The van der Waals surface area contributed by atoms with Gasteiger partial charge in [-0.25, -0.2) is 13.2 Å². The zero-order chi connectivity index (χ0) is 14.6. The van der Waals surface area contributed by atoms with E-state index in [0.717, 1.165) is 25.7 Å². The Hall–Kier alpha value is -1.40. The molecule has 1 aromatic rings. The molecule has 20 heavy (non-hydrogen) atoms. The van der Waals surface area contributed by atoms with E-state index in [1.165, 1.54) is 24.3 Å². The van der Waals surface area contributed by atoms with E-state index in [0.29, 0.717) is 0 Å². The Morgan fingerprint density at radius 2 is 1.80 bits per heavy atom. The molecule has 0 bridgehead atoms. The van der Waals surface area contributed by atoms with Crippen LogP contribution in [-0.4, -0.2) is 38.0 Å². The minimum Gasteiger partial charge on any atom is -0.478 e. The first-order valence-electron chi connectivity index (χ1n) is 6.67. The highest BCUT2D eigenvalue weighted by molar-refractivity contribution is 7.91. The highest BCUT2D eigenvalue weighted by Gasteiger charge is 2.19. The van der Waals surface area contributed by atoms with Crippen molar-refractivity contribution in [3.63, 3.8) is 0 Å². The van der Waals surface area contributed by atoms with Crippen LogP contribution in [0.2, 0.25) is 0 Å². The van der Waals surface area contributed by atoms with E-state index in [1.807, 2.05) is 0 Å². The molecule has 0 aromatic heterocycles. The molecule has 0 unspecified atom stereocenters. The van der Waals surface area contributed by atoms with Gasteiger partial charge in [-0.3, -0.25) is 0 Å². The van der Waals surface area contributed by atoms with Gasteiger partial charge in [-0.1, -0.05) is 12.8 Å². The predicted molar refractivity (Wildman–Crippen MR) is 73.7 cm³/mol. The van der Waals surface area contributed by atoms with Crippen molar-refractivity contribution in [1.29, 1.82) is 0 Å². The fourth-order valence-corrected chi connectivity index (χ4v) is 3.40. The standard InChI is InChI=1S/C14H18O5S/c15-14(16)11-5-7-13(8-6-11)20(17,18)10-9-19-12-3-1-2-4-12/h5-8,12H,1-4,9-10H2,(H,15,16). The van der Waals surface area contributed by atoms with Crippen LogP contribution in [0.15, 0.2) is 29.2 Å². The monoisotopic (exact) mass is 298 g/mol. The average Bonchev–Trinajstić information content (AvgIpc) is 2.92. The fraction of sp³-hybridized carbons (Fsp3) is 0.500. The van der Waals surface area contributed by atoms with Crippen LogP contribution in [-0.2, 0) is 14.6 Å². The minimum absolute atomic E-state index is 0.0735. The van der Waals surface area contributed by atoms with Crippen LogP contribution >= 0.6 is 0 Å². The fourth-order valence-electron chi connectivity index (χ4n) is 2.30. The van der Waals surface area contributed by atoms with Crippen LogP contribution in [0, 0.1) is 0 Å². The van der Waals surface area contributed by atoms with Gasteiger partial charge >= 0.3 is 5.97 Å². The molecular formula is C14H18O5S. The molecule has 0 aliphatic heterocycles. The molecular weight excluding hydrogens is 280 g/mol. The summed E-state index contributed by atoms with van der Waals surface area (Å²) in [5.74, 6) is -1.14. The first kappa shape index (κ1) is 15.0. The lowest BCUT2D eigenvalue weighted by atomic mass is 10.2. The lowest BCUT2D eigenvalue weighted by molar-refractivity contribution is 0.0691. The number of rotatable bonds is 6. The molecule has 1 fully saturated rings. The third kappa shape index (κ3) is 3.80. The van der Waals surface area contributed by atoms with Crippen molar-refractivity contribution < 1.29 is 23.1 Å². The molecule has 2 rings (SSSR count). The van der Waals surface area contributed by atoms with E-state index in [-0.39, 0.29) is 28.9 Å². The lowest BCUT2D eigenvalue weighted by Crippen LogP contribution is -2.17. The van der Waals surface area contributed by atoms with Crippen LogP contribution in [0.4, 0.5) is 0 Å².